The van der Waals surface area contributed by atoms with Crippen LogP contribution in [0.15, 0.2) is 42.5 Å². The molecule has 84 heavy (non-hydrogen) atoms. The van der Waals surface area contributed by atoms with Crippen molar-refractivity contribution in [3.8, 4) is 16.9 Å². The number of hydrogen-bond acceptors (Lipinski definition) is 16. The third-order valence-corrected chi connectivity index (χ3v) is 16.1. The van der Waals surface area contributed by atoms with Crippen molar-refractivity contribution in [1.82, 2.24) is 34.4 Å². The maximum absolute atomic E-state index is 13.3. The third kappa shape index (κ3) is 15.7. The van der Waals surface area contributed by atoms with Gasteiger partial charge in [0.1, 0.15) is 17.5 Å². The zero-order chi connectivity index (χ0) is 59.9. The van der Waals surface area contributed by atoms with Gasteiger partial charge in [0.25, 0.3) is 11.8 Å². The molecule has 2 aromatic heterocycles. The molecule has 2 fully saturated rings. The molecule has 0 aliphatic carbocycles. The first-order valence-electron chi connectivity index (χ1n) is 28.6. The van der Waals surface area contributed by atoms with Crippen molar-refractivity contribution in [2.75, 3.05) is 130 Å². The Bertz CT molecular complexity index is 3150. The molecule has 8 rings (SSSR count). The van der Waals surface area contributed by atoms with E-state index >= 15 is 0 Å². The summed E-state index contributed by atoms with van der Waals surface area (Å²) in [6.07, 6.45) is 1.44. The van der Waals surface area contributed by atoms with E-state index in [9.17, 15) is 33.9 Å². The summed E-state index contributed by atoms with van der Waals surface area (Å²) in [6, 6.07) is 11.5. The van der Waals surface area contributed by atoms with Gasteiger partial charge in [0.2, 0.25) is 17.7 Å². The van der Waals surface area contributed by atoms with Gasteiger partial charge in [0, 0.05) is 92.2 Å². The van der Waals surface area contributed by atoms with Crippen molar-refractivity contribution in [2.45, 2.75) is 72.4 Å². The summed E-state index contributed by atoms with van der Waals surface area (Å²) >= 11 is 13.5. The summed E-state index contributed by atoms with van der Waals surface area (Å²) in [5, 5.41) is 23.0. The molecule has 0 radical (unpaired) electrons. The molecule has 0 spiro atoms. The van der Waals surface area contributed by atoms with E-state index in [-0.39, 0.29) is 48.6 Å². The smallest absolute Gasteiger partial charge is 0.352 e. The van der Waals surface area contributed by atoms with Gasteiger partial charge < -0.3 is 53.0 Å². The summed E-state index contributed by atoms with van der Waals surface area (Å²) in [5.41, 5.74) is 7.81. The lowest BCUT2D eigenvalue weighted by atomic mass is 9.98. The fourth-order valence-corrected chi connectivity index (χ4v) is 11.3. The maximum Gasteiger partial charge on any atom is 0.352 e. The highest BCUT2D eigenvalue weighted by molar-refractivity contribution is 6.35. The van der Waals surface area contributed by atoms with E-state index in [1.807, 2.05) is 73.2 Å². The van der Waals surface area contributed by atoms with Crippen LogP contribution in [0.25, 0.3) is 22.0 Å². The highest BCUT2D eigenvalue weighted by Gasteiger charge is 2.45. The van der Waals surface area contributed by atoms with Crippen LogP contribution in [-0.4, -0.2) is 201 Å². The summed E-state index contributed by atoms with van der Waals surface area (Å²) in [5.74, 6) is -2.50. The van der Waals surface area contributed by atoms with Crippen LogP contribution in [0.5, 0.6) is 5.75 Å². The number of imide groups is 2. The number of hydrogen-bond donors (Lipinski definition) is 3. The summed E-state index contributed by atoms with van der Waals surface area (Å²) in [6.45, 7) is 16.3. The first kappa shape index (κ1) is 63.5. The number of nitrogens with zero attached hydrogens (tertiary/aromatic N) is 6. The van der Waals surface area contributed by atoms with E-state index in [1.54, 1.807) is 18.2 Å². The molecule has 22 nitrogen and oxygen atoms in total. The predicted octanol–water partition coefficient (Wildman–Crippen LogP) is 6.44. The average Bonchev–Trinajstić information content (AvgIpc) is 2.74. The molecule has 3 aliphatic rings. The van der Waals surface area contributed by atoms with Gasteiger partial charge in [-0.2, -0.15) is 5.10 Å². The van der Waals surface area contributed by atoms with E-state index < -0.39 is 35.6 Å². The quantitative estimate of drug-likeness (QED) is 0.0302. The number of piperidine rings is 1. The Balaban J connectivity index is 0.659. The van der Waals surface area contributed by atoms with E-state index in [1.165, 1.54) is 0 Å². The van der Waals surface area contributed by atoms with Crippen molar-refractivity contribution in [2.24, 2.45) is 7.05 Å². The number of aryl methyl sites for hydroxylation is 5. The number of carbonyl (C=O) groups excluding carboxylic acids is 5. The van der Waals surface area contributed by atoms with Crippen LogP contribution in [0.3, 0.4) is 0 Å². The minimum absolute atomic E-state index is 0.0203. The molecule has 0 saturated carbocycles. The third-order valence-electron chi connectivity index (χ3n) is 15.2. The standard InChI is InChI=1S/C60H76Cl2N8O14/c1-38-36-42(37-39(2)54(38)62)84-23-7-9-43-44-11-12-46(61)53(51-40(3)65-66(5)41(51)4)55(44)69(56(43)60(76)77)22-19-67-17-20-68(21-18-67)50(72)15-24-78-26-28-80-30-32-82-34-35-83-33-31-81-29-27-79-25-16-63-47-10-6-8-45-52(47)59(75)70(58(45)74)48-13-14-49(71)64-57(48)73/h6,8,10-12,36-37,48,63H,7,9,13-35H2,1-5H3,(H,76,77)(H,64,71,73). The first-order valence-corrected chi connectivity index (χ1v) is 29.3. The number of benzene rings is 3. The Hall–Kier alpha value is -6.47. The monoisotopic (exact) mass is 1200 g/mol. The van der Waals surface area contributed by atoms with E-state index in [0.717, 1.165) is 60.8 Å². The number of carbonyl (C=O) groups is 6. The summed E-state index contributed by atoms with van der Waals surface area (Å²) in [4.78, 5) is 81.9. The molecule has 5 aromatic rings. The number of carboxylic acids is 1. The molecule has 0 bridgehead atoms. The average molecular weight is 1200 g/mol. The van der Waals surface area contributed by atoms with Crippen LogP contribution < -0.4 is 15.4 Å². The number of fused-ring (bicyclic) bond motifs is 2. The van der Waals surface area contributed by atoms with Crippen LogP contribution in [0, 0.1) is 27.7 Å². The fraction of sp³-hybridized carbons (Fsp3) is 0.517. The molecule has 1 unspecified atom stereocenters. The highest BCUT2D eigenvalue weighted by atomic mass is 35.5. The summed E-state index contributed by atoms with van der Waals surface area (Å²) < 4.78 is 43.6. The number of amides is 5. The van der Waals surface area contributed by atoms with Gasteiger partial charge in [-0.3, -0.25) is 43.8 Å². The van der Waals surface area contributed by atoms with Crippen LogP contribution in [0.4, 0.5) is 5.69 Å². The fourth-order valence-electron chi connectivity index (χ4n) is 10.9. The lowest BCUT2D eigenvalue weighted by Crippen LogP contribution is -2.54. The minimum Gasteiger partial charge on any atom is -0.494 e. The van der Waals surface area contributed by atoms with Crippen LogP contribution in [0.2, 0.25) is 10.0 Å². The van der Waals surface area contributed by atoms with E-state index in [4.69, 9.17) is 56.4 Å². The number of carboxylic acid groups (broad SMARTS) is 1. The molecule has 3 N–H and O–H groups in total. The van der Waals surface area contributed by atoms with Crippen LogP contribution in [-0.2, 0) is 62.8 Å². The SMILES string of the molecule is Cc1cc(OCCCc2c(C(=O)O)n(CCN3CCN(C(=O)CCOCCOCCOCCOCCOCCOCCNc4cccc5c4C(=O)N(C4CCC(=O)NC4=O)C5=O)CC3)c3c(-c4c(C)nn(C)c4C)c(Cl)ccc23)cc(C)c1Cl. The first-order chi connectivity index (χ1) is 40.5. The van der Waals surface area contributed by atoms with Crippen molar-refractivity contribution in [3.05, 3.63) is 97.4 Å². The van der Waals surface area contributed by atoms with Crippen molar-refractivity contribution < 1.29 is 67.0 Å². The van der Waals surface area contributed by atoms with E-state index in [0.29, 0.717) is 154 Å². The molecule has 3 aliphatic heterocycles. The van der Waals surface area contributed by atoms with Gasteiger partial charge in [-0.1, -0.05) is 35.3 Å². The Kier molecular flexibility index (Phi) is 23.1. The van der Waals surface area contributed by atoms with Gasteiger partial charge in [-0.05, 0) is 94.0 Å². The molecule has 2 saturated heterocycles. The second kappa shape index (κ2) is 30.6. The number of nitrogens with one attached hydrogen (secondary N) is 2. The minimum atomic E-state index is -1.03. The normalized spacial score (nSPS) is 15.6. The second-order valence-electron chi connectivity index (χ2n) is 20.8. The number of aromatic carboxylic acids is 1. The van der Waals surface area contributed by atoms with E-state index in [2.05, 4.69) is 20.6 Å². The molecular weight excluding hydrogens is 1130 g/mol. The summed E-state index contributed by atoms with van der Waals surface area (Å²) in [7, 11) is 1.89. The molecule has 1 atom stereocenters. The zero-order valence-corrected chi connectivity index (χ0v) is 50.0. The van der Waals surface area contributed by atoms with Gasteiger partial charge in [0.05, 0.1) is 120 Å². The van der Waals surface area contributed by atoms with Crippen molar-refractivity contribution in [3.63, 3.8) is 0 Å². The number of anilines is 1. The number of aromatic nitrogens is 3. The van der Waals surface area contributed by atoms with Crippen LogP contribution >= 0.6 is 23.2 Å². The molecule has 454 valence electrons. The Labute approximate surface area is 498 Å². The Morgan fingerprint density at radius 2 is 1.36 bits per heavy atom. The lowest BCUT2D eigenvalue weighted by Gasteiger charge is -2.35. The Morgan fingerprint density at radius 1 is 0.738 bits per heavy atom. The van der Waals surface area contributed by atoms with Crippen molar-refractivity contribution in [1.29, 1.82) is 0 Å². The van der Waals surface area contributed by atoms with Gasteiger partial charge in [-0.25, -0.2) is 4.79 Å². The molecule has 5 heterocycles. The number of halogens is 2. The van der Waals surface area contributed by atoms with Crippen molar-refractivity contribution >= 4 is 75.3 Å². The molecule has 3 aromatic carbocycles. The number of ether oxygens (including phenoxy) is 7. The second-order valence-corrected chi connectivity index (χ2v) is 21.6. The Morgan fingerprint density at radius 3 is 1.95 bits per heavy atom. The van der Waals surface area contributed by atoms with Crippen LogP contribution in [0.1, 0.15) is 85.0 Å². The molecule has 5 amide bonds. The topological polar surface area (TPSA) is 244 Å². The molecular formula is C60H76Cl2N8O14. The number of piperazine rings is 1. The molecule has 24 heteroatoms. The largest absolute Gasteiger partial charge is 0.494 e. The lowest BCUT2D eigenvalue weighted by molar-refractivity contribution is -0.136. The predicted molar refractivity (Wildman–Crippen MR) is 314 cm³/mol. The van der Waals surface area contributed by atoms with Gasteiger partial charge in [0.15, 0.2) is 0 Å². The maximum atomic E-state index is 13.3. The highest BCUT2D eigenvalue weighted by Crippen LogP contribution is 2.42. The number of rotatable bonds is 33. The zero-order valence-electron chi connectivity index (χ0n) is 48.5. The van der Waals surface area contributed by atoms with Gasteiger partial charge in [-0.15, -0.1) is 0 Å². The van der Waals surface area contributed by atoms with Gasteiger partial charge >= 0.3 is 5.97 Å².